The lowest BCUT2D eigenvalue weighted by molar-refractivity contribution is -0.123. The Labute approximate surface area is 109 Å². The van der Waals surface area contributed by atoms with Crippen molar-refractivity contribution in [3.63, 3.8) is 0 Å². The zero-order chi connectivity index (χ0) is 12.8. The number of carbonyl (C=O) groups excluding carboxylic acids is 1. The molecular formula is C13H25N3O2. The lowest BCUT2D eigenvalue weighted by atomic mass is 10.1. The highest BCUT2D eigenvalue weighted by molar-refractivity contribution is 5.78. The average molecular weight is 255 g/mol. The van der Waals surface area contributed by atoms with Crippen molar-refractivity contribution in [2.24, 2.45) is 11.7 Å². The minimum absolute atomic E-state index is 0.170. The van der Waals surface area contributed by atoms with E-state index in [9.17, 15) is 4.79 Å². The molecule has 1 saturated heterocycles. The predicted molar refractivity (Wildman–Crippen MR) is 70.2 cm³/mol. The first-order chi connectivity index (χ1) is 8.78. The van der Waals surface area contributed by atoms with Crippen LogP contribution in [-0.2, 0) is 9.53 Å². The summed E-state index contributed by atoms with van der Waals surface area (Å²) in [7, 11) is 0. The van der Waals surface area contributed by atoms with Gasteiger partial charge < -0.3 is 15.8 Å². The third-order valence-corrected chi connectivity index (χ3v) is 3.66. The minimum atomic E-state index is 0.170. The Kier molecular flexibility index (Phi) is 5.41. The van der Waals surface area contributed by atoms with E-state index >= 15 is 0 Å². The lowest BCUT2D eigenvalue weighted by Gasteiger charge is -2.31. The van der Waals surface area contributed by atoms with Crippen molar-refractivity contribution in [2.75, 3.05) is 39.3 Å². The van der Waals surface area contributed by atoms with E-state index in [0.717, 1.165) is 38.4 Å². The molecule has 2 fully saturated rings. The number of ether oxygens (including phenoxy) is 1. The van der Waals surface area contributed by atoms with Crippen LogP contribution >= 0.6 is 0 Å². The summed E-state index contributed by atoms with van der Waals surface area (Å²) in [5, 5.41) is 3.01. The van der Waals surface area contributed by atoms with Crippen molar-refractivity contribution < 1.29 is 9.53 Å². The van der Waals surface area contributed by atoms with Gasteiger partial charge in [0.2, 0.25) is 5.91 Å². The van der Waals surface area contributed by atoms with E-state index in [4.69, 9.17) is 10.5 Å². The molecule has 0 atom stereocenters. The number of rotatable bonds is 7. The van der Waals surface area contributed by atoms with Gasteiger partial charge in [0.1, 0.15) is 0 Å². The number of hydrogen-bond donors (Lipinski definition) is 2. The van der Waals surface area contributed by atoms with Crippen molar-refractivity contribution in [3.05, 3.63) is 0 Å². The molecule has 0 aromatic carbocycles. The van der Waals surface area contributed by atoms with Gasteiger partial charge in [-0.3, -0.25) is 9.69 Å². The van der Waals surface area contributed by atoms with Crippen LogP contribution in [0.15, 0.2) is 0 Å². The molecule has 0 spiro atoms. The molecule has 18 heavy (non-hydrogen) atoms. The van der Waals surface area contributed by atoms with Gasteiger partial charge in [-0.15, -0.1) is 0 Å². The zero-order valence-electron chi connectivity index (χ0n) is 11.1. The molecule has 0 unspecified atom stereocenters. The molecule has 1 heterocycles. The fraction of sp³-hybridized carbons (Fsp3) is 0.923. The summed E-state index contributed by atoms with van der Waals surface area (Å²) in [5.41, 5.74) is 5.41. The van der Waals surface area contributed by atoms with Gasteiger partial charge in [0.25, 0.3) is 0 Å². The van der Waals surface area contributed by atoms with Gasteiger partial charge in [-0.1, -0.05) is 0 Å². The Hall–Kier alpha value is -0.650. The molecule has 1 amide bonds. The largest absolute Gasteiger partial charge is 0.377 e. The quantitative estimate of drug-likeness (QED) is 0.669. The van der Waals surface area contributed by atoms with Gasteiger partial charge in [0.05, 0.1) is 19.3 Å². The first kappa shape index (κ1) is 13.8. The first-order valence-corrected chi connectivity index (χ1v) is 7.08. The molecule has 1 saturated carbocycles. The minimum Gasteiger partial charge on any atom is -0.377 e. The van der Waals surface area contributed by atoms with Crippen molar-refractivity contribution >= 4 is 5.91 Å². The van der Waals surface area contributed by atoms with E-state index in [1.165, 1.54) is 12.8 Å². The Balaban J connectivity index is 1.55. The van der Waals surface area contributed by atoms with Crippen LogP contribution in [0.5, 0.6) is 0 Å². The third kappa shape index (κ3) is 4.92. The smallest absolute Gasteiger partial charge is 0.234 e. The van der Waals surface area contributed by atoms with E-state index in [1.807, 2.05) is 0 Å². The predicted octanol–water partition coefficient (Wildman–Crippen LogP) is -0.0477. The standard InChI is InChI=1S/C13H25N3O2/c14-5-8-18-12-3-6-16(7-4-12)10-13(17)15-9-11-1-2-11/h11-12H,1-10,14H2,(H,15,17). The maximum atomic E-state index is 11.7. The number of hydrogen-bond acceptors (Lipinski definition) is 4. The number of nitrogens with zero attached hydrogens (tertiary/aromatic N) is 1. The highest BCUT2D eigenvalue weighted by Gasteiger charge is 2.23. The van der Waals surface area contributed by atoms with Gasteiger partial charge in [0.15, 0.2) is 0 Å². The molecule has 0 aromatic heterocycles. The highest BCUT2D eigenvalue weighted by Crippen LogP contribution is 2.27. The van der Waals surface area contributed by atoms with E-state index < -0.39 is 0 Å². The SMILES string of the molecule is NCCOC1CCN(CC(=O)NCC2CC2)CC1. The second-order valence-electron chi connectivity index (χ2n) is 5.38. The summed E-state index contributed by atoms with van der Waals surface area (Å²) in [4.78, 5) is 13.9. The van der Waals surface area contributed by atoms with Crippen LogP contribution in [0, 0.1) is 5.92 Å². The lowest BCUT2D eigenvalue weighted by Crippen LogP contribution is -2.43. The van der Waals surface area contributed by atoms with Crippen LogP contribution in [0.25, 0.3) is 0 Å². The number of carbonyl (C=O) groups is 1. The Morgan fingerprint density at radius 3 is 2.61 bits per heavy atom. The van der Waals surface area contributed by atoms with Gasteiger partial charge in [-0.2, -0.15) is 0 Å². The van der Waals surface area contributed by atoms with E-state index in [0.29, 0.717) is 25.8 Å². The number of nitrogens with one attached hydrogen (secondary N) is 1. The van der Waals surface area contributed by atoms with Crippen molar-refractivity contribution in [1.29, 1.82) is 0 Å². The molecule has 104 valence electrons. The molecule has 0 radical (unpaired) electrons. The van der Waals surface area contributed by atoms with Gasteiger partial charge >= 0.3 is 0 Å². The van der Waals surface area contributed by atoms with Crippen LogP contribution < -0.4 is 11.1 Å². The van der Waals surface area contributed by atoms with Crippen LogP contribution in [0.1, 0.15) is 25.7 Å². The molecule has 1 aliphatic heterocycles. The Morgan fingerprint density at radius 2 is 2.00 bits per heavy atom. The second-order valence-corrected chi connectivity index (χ2v) is 5.38. The maximum absolute atomic E-state index is 11.7. The van der Waals surface area contributed by atoms with E-state index in [-0.39, 0.29) is 5.91 Å². The summed E-state index contributed by atoms with van der Waals surface area (Å²) in [6, 6.07) is 0. The molecule has 2 aliphatic rings. The van der Waals surface area contributed by atoms with Crippen molar-refractivity contribution in [1.82, 2.24) is 10.2 Å². The van der Waals surface area contributed by atoms with Crippen LogP contribution in [-0.4, -0.2) is 56.2 Å². The normalized spacial score (nSPS) is 22.1. The monoisotopic (exact) mass is 255 g/mol. The average Bonchev–Trinajstić information content (AvgIpc) is 3.20. The molecule has 2 rings (SSSR count). The van der Waals surface area contributed by atoms with E-state index in [2.05, 4.69) is 10.2 Å². The number of nitrogens with two attached hydrogens (primary N) is 1. The molecule has 0 aromatic rings. The third-order valence-electron chi connectivity index (χ3n) is 3.66. The molecular weight excluding hydrogens is 230 g/mol. The second kappa shape index (κ2) is 7.07. The summed E-state index contributed by atoms with van der Waals surface area (Å²) in [5.74, 6) is 0.924. The number of likely N-dealkylation sites (tertiary alicyclic amines) is 1. The van der Waals surface area contributed by atoms with Gasteiger partial charge in [0, 0.05) is 26.2 Å². The molecule has 5 nitrogen and oxygen atoms in total. The Bertz CT molecular complexity index is 261. The molecule has 5 heteroatoms. The molecule has 3 N–H and O–H groups in total. The van der Waals surface area contributed by atoms with Crippen LogP contribution in [0.2, 0.25) is 0 Å². The molecule has 0 bridgehead atoms. The van der Waals surface area contributed by atoms with Crippen molar-refractivity contribution in [3.8, 4) is 0 Å². The fourth-order valence-corrected chi connectivity index (χ4v) is 2.31. The van der Waals surface area contributed by atoms with E-state index in [1.54, 1.807) is 0 Å². The zero-order valence-corrected chi connectivity index (χ0v) is 11.1. The first-order valence-electron chi connectivity index (χ1n) is 7.08. The van der Waals surface area contributed by atoms with Crippen LogP contribution in [0.3, 0.4) is 0 Å². The highest BCUT2D eigenvalue weighted by atomic mass is 16.5. The summed E-state index contributed by atoms with van der Waals surface area (Å²) >= 11 is 0. The summed E-state index contributed by atoms with van der Waals surface area (Å²) in [6.07, 6.45) is 4.92. The van der Waals surface area contributed by atoms with Crippen molar-refractivity contribution in [2.45, 2.75) is 31.8 Å². The van der Waals surface area contributed by atoms with Gasteiger partial charge in [-0.05, 0) is 31.6 Å². The Morgan fingerprint density at radius 1 is 1.28 bits per heavy atom. The number of amides is 1. The fourth-order valence-electron chi connectivity index (χ4n) is 2.31. The summed E-state index contributed by atoms with van der Waals surface area (Å²) < 4.78 is 5.62. The summed E-state index contributed by atoms with van der Waals surface area (Å²) in [6.45, 7) is 4.54. The van der Waals surface area contributed by atoms with Gasteiger partial charge in [-0.25, -0.2) is 0 Å². The maximum Gasteiger partial charge on any atom is 0.234 e. The number of piperidine rings is 1. The van der Waals surface area contributed by atoms with Crippen LogP contribution in [0.4, 0.5) is 0 Å². The molecule has 1 aliphatic carbocycles. The topological polar surface area (TPSA) is 67.6 Å².